The van der Waals surface area contributed by atoms with Crippen molar-refractivity contribution in [3.8, 4) is 0 Å². The first-order valence-electron chi connectivity index (χ1n) is 9.24. The molecule has 1 heterocycles. The van der Waals surface area contributed by atoms with E-state index >= 15 is 0 Å². The van der Waals surface area contributed by atoms with Crippen LogP contribution >= 0.6 is 11.6 Å². The van der Waals surface area contributed by atoms with Crippen molar-refractivity contribution in [3.05, 3.63) is 100 Å². The Labute approximate surface area is 174 Å². The van der Waals surface area contributed by atoms with Gasteiger partial charge in [0.15, 0.2) is 0 Å². The number of nitrogens with one attached hydrogen (secondary N) is 1. The second-order valence-electron chi connectivity index (χ2n) is 6.94. The molecule has 3 aromatic carbocycles. The summed E-state index contributed by atoms with van der Waals surface area (Å²) in [6.45, 7) is 3.79. The van der Waals surface area contributed by atoms with Crippen LogP contribution in [0.15, 0.2) is 78.5 Å². The van der Waals surface area contributed by atoms with E-state index in [1.54, 1.807) is 12.1 Å². The van der Waals surface area contributed by atoms with E-state index in [9.17, 15) is 9.59 Å². The number of hydrogen-bond acceptors (Lipinski definition) is 3. The van der Waals surface area contributed by atoms with E-state index in [1.165, 1.54) is 4.90 Å². The van der Waals surface area contributed by atoms with Gasteiger partial charge in [-0.05, 0) is 48.7 Å². The monoisotopic (exact) mass is 402 g/mol. The van der Waals surface area contributed by atoms with Crippen LogP contribution in [0.3, 0.4) is 0 Å². The number of hydrogen-bond donors (Lipinski definition) is 1. The topological polar surface area (TPSA) is 49.4 Å². The highest BCUT2D eigenvalue weighted by molar-refractivity contribution is 6.46. The quantitative estimate of drug-likeness (QED) is 0.598. The highest BCUT2D eigenvalue weighted by atomic mass is 35.5. The van der Waals surface area contributed by atoms with Gasteiger partial charge in [0.25, 0.3) is 11.8 Å². The number of para-hydroxylation sites is 1. The van der Waals surface area contributed by atoms with E-state index in [4.69, 9.17) is 11.6 Å². The largest absolute Gasteiger partial charge is 0.350 e. The molecule has 0 fully saturated rings. The molecule has 0 saturated carbocycles. The molecule has 0 aromatic heterocycles. The Morgan fingerprint density at radius 2 is 1.48 bits per heavy atom. The zero-order chi connectivity index (χ0) is 20.5. The maximum absolute atomic E-state index is 13.4. The van der Waals surface area contributed by atoms with Crippen molar-refractivity contribution in [2.24, 2.45) is 0 Å². The van der Waals surface area contributed by atoms with Gasteiger partial charge in [0.05, 0.1) is 11.3 Å². The second-order valence-corrected chi connectivity index (χ2v) is 7.34. The molecule has 4 nitrogen and oxygen atoms in total. The van der Waals surface area contributed by atoms with Crippen molar-refractivity contribution in [2.75, 3.05) is 10.2 Å². The Morgan fingerprint density at radius 3 is 2.17 bits per heavy atom. The van der Waals surface area contributed by atoms with Gasteiger partial charge in [-0.3, -0.25) is 9.59 Å². The third-order valence-electron chi connectivity index (χ3n) is 4.94. The predicted molar refractivity (Wildman–Crippen MR) is 117 cm³/mol. The molecule has 4 rings (SSSR count). The van der Waals surface area contributed by atoms with Crippen LogP contribution < -0.4 is 10.2 Å². The summed E-state index contributed by atoms with van der Waals surface area (Å²) in [4.78, 5) is 28.0. The average Bonchev–Trinajstić information content (AvgIpc) is 2.96. The summed E-state index contributed by atoms with van der Waals surface area (Å²) in [6, 6.07) is 22.0. The van der Waals surface area contributed by atoms with Crippen LogP contribution in [-0.4, -0.2) is 11.8 Å². The van der Waals surface area contributed by atoms with Crippen molar-refractivity contribution in [1.82, 2.24) is 0 Å². The number of nitrogens with zero attached hydrogens (tertiary/aromatic N) is 1. The maximum atomic E-state index is 13.4. The van der Waals surface area contributed by atoms with Gasteiger partial charge in [0.2, 0.25) is 0 Å². The first kappa shape index (κ1) is 19.0. The molecule has 0 saturated heterocycles. The van der Waals surface area contributed by atoms with Gasteiger partial charge >= 0.3 is 0 Å². The number of rotatable bonds is 4. The fraction of sp³-hybridized carbons (Fsp3) is 0.0833. The summed E-state index contributed by atoms with van der Waals surface area (Å²) in [7, 11) is 0. The minimum absolute atomic E-state index is 0.240. The Kier molecular flexibility index (Phi) is 4.95. The lowest BCUT2D eigenvalue weighted by Crippen LogP contribution is -2.33. The van der Waals surface area contributed by atoms with Crippen molar-refractivity contribution < 1.29 is 9.59 Å². The normalized spacial score (nSPS) is 14.0. The van der Waals surface area contributed by atoms with Crippen molar-refractivity contribution in [1.29, 1.82) is 0 Å². The third kappa shape index (κ3) is 3.43. The molecule has 0 spiro atoms. The number of anilines is 2. The smallest absolute Gasteiger partial charge is 0.282 e. The number of carbonyl (C=O) groups excluding carboxylic acids is 2. The van der Waals surface area contributed by atoms with Crippen LogP contribution in [0.2, 0.25) is 5.02 Å². The van der Waals surface area contributed by atoms with E-state index in [2.05, 4.69) is 5.32 Å². The number of amides is 2. The van der Waals surface area contributed by atoms with E-state index in [0.29, 0.717) is 27.5 Å². The highest BCUT2D eigenvalue weighted by Crippen LogP contribution is 2.35. The summed E-state index contributed by atoms with van der Waals surface area (Å²) in [6.07, 6.45) is 0. The molecule has 3 aromatic rings. The number of aryl methyl sites for hydroxylation is 2. The Balaban J connectivity index is 1.84. The Bertz CT molecular complexity index is 1150. The van der Waals surface area contributed by atoms with Gasteiger partial charge in [-0.25, -0.2) is 4.90 Å². The summed E-state index contributed by atoms with van der Waals surface area (Å²) in [5.74, 6) is -0.740. The summed E-state index contributed by atoms with van der Waals surface area (Å²) < 4.78 is 0. The van der Waals surface area contributed by atoms with Crippen LogP contribution in [0.4, 0.5) is 11.4 Å². The minimum atomic E-state index is -0.389. The fourth-order valence-corrected chi connectivity index (χ4v) is 3.55. The molecule has 1 N–H and O–H groups in total. The third-order valence-corrected chi connectivity index (χ3v) is 5.35. The van der Waals surface area contributed by atoms with E-state index in [0.717, 1.165) is 11.1 Å². The van der Waals surface area contributed by atoms with E-state index in [1.807, 2.05) is 74.5 Å². The van der Waals surface area contributed by atoms with Gasteiger partial charge < -0.3 is 5.32 Å². The Morgan fingerprint density at radius 1 is 0.793 bits per heavy atom. The van der Waals surface area contributed by atoms with Crippen LogP contribution in [0.1, 0.15) is 16.7 Å². The van der Waals surface area contributed by atoms with Gasteiger partial charge in [0.1, 0.15) is 5.70 Å². The minimum Gasteiger partial charge on any atom is -0.350 e. The average molecular weight is 403 g/mol. The molecular weight excluding hydrogens is 384 g/mol. The van der Waals surface area contributed by atoms with Crippen molar-refractivity contribution in [2.45, 2.75) is 13.8 Å². The number of imide groups is 1. The maximum Gasteiger partial charge on any atom is 0.282 e. The lowest BCUT2D eigenvalue weighted by molar-refractivity contribution is -0.120. The molecule has 0 radical (unpaired) electrons. The zero-order valence-corrected chi connectivity index (χ0v) is 16.8. The zero-order valence-electron chi connectivity index (χ0n) is 16.1. The van der Waals surface area contributed by atoms with Gasteiger partial charge in [-0.1, -0.05) is 66.2 Å². The Hall–Kier alpha value is -3.37. The molecule has 0 bridgehead atoms. The molecule has 1 aliphatic heterocycles. The molecule has 144 valence electrons. The van der Waals surface area contributed by atoms with Crippen LogP contribution in [0, 0.1) is 13.8 Å². The summed E-state index contributed by atoms with van der Waals surface area (Å²) in [5.41, 5.74) is 4.28. The van der Waals surface area contributed by atoms with Crippen molar-refractivity contribution in [3.63, 3.8) is 0 Å². The number of benzene rings is 3. The van der Waals surface area contributed by atoms with Crippen molar-refractivity contribution >= 4 is 40.4 Å². The second kappa shape index (κ2) is 7.57. The SMILES string of the molecule is Cc1ccc(NC2=C(c3ccccc3)C(=O)N(c3ccccc3C)C2=O)cc1Cl. The number of halogens is 1. The molecule has 0 unspecified atom stereocenters. The molecule has 0 aliphatic carbocycles. The lowest BCUT2D eigenvalue weighted by atomic mass is 10.0. The predicted octanol–water partition coefficient (Wildman–Crippen LogP) is 5.35. The van der Waals surface area contributed by atoms with E-state index < -0.39 is 0 Å². The van der Waals surface area contributed by atoms with Crippen LogP contribution in [0.5, 0.6) is 0 Å². The first-order valence-corrected chi connectivity index (χ1v) is 9.62. The fourth-order valence-electron chi connectivity index (χ4n) is 3.37. The van der Waals surface area contributed by atoms with Crippen LogP contribution in [0.25, 0.3) is 5.57 Å². The highest BCUT2D eigenvalue weighted by Gasteiger charge is 2.40. The first-order chi connectivity index (χ1) is 14.0. The van der Waals surface area contributed by atoms with Crippen LogP contribution in [-0.2, 0) is 9.59 Å². The van der Waals surface area contributed by atoms with Gasteiger partial charge in [-0.15, -0.1) is 0 Å². The number of carbonyl (C=O) groups is 2. The van der Waals surface area contributed by atoms with Gasteiger partial charge in [0, 0.05) is 10.7 Å². The molecule has 2 amide bonds. The summed E-state index contributed by atoms with van der Waals surface area (Å²) in [5, 5.41) is 3.73. The summed E-state index contributed by atoms with van der Waals surface area (Å²) >= 11 is 6.24. The lowest BCUT2D eigenvalue weighted by Gasteiger charge is -2.17. The molecule has 0 atom stereocenters. The van der Waals surface area contributed by atoms with E-state index in [-0.39, 0.29) is 17.5 Å². The molecule has 1 aliphatic rings. The van der Waals surface area contributed by atoms with Gasteiger partial charge in [-0.2, -0.15) is 0 Å². The standard InChI is InChI=1S/C24H19ClN2O2/c1-15-12-13-18(14-19(15)25)26-22-21(17-9-4-3-5-10-17)23(28)27(24(22)29)20-11-7-6-8-16(20)2/h3-14,26H,1-2H3. The molecule has 5 heteroatoms. The molecular formula is C24H19ClN2O2. The molecule has 29 heavy (non-hydrogen) atoms.